The van der Waals surface area contributed by atoms with Gasteiger partial charge < -0.3 is 0 Å². The molecule has 0 amide bonds. The van der Waals surface area contributed by atoms with Crippen molar-refractivity contribution in [1.29, 1.82) is 0 Å². The van der Waals surface area contributed by atoms with Crippen LogP contribution in [0.5, 0.6) is 0 Å². The van der Waals surface area contributed by atoms with Crippen molar-refractivity contribution in [3.63, 3.8) is 0 Å². The normalized spacial score (nSPS) is 9.94. The minimum atomic E-state index is 0. The summed E-state index contributed by atoms with van der Waals surface area (Å²) in [4.78, 5) is 0. The Kier molecular flexibility index (Phi) is 20.8. The molecule has 0 spiro atoms. The number of hydrogen-bond acceptors (Lipinski definition) is 0. The summed E-state index contributed by atoms with van der Waals surface area (Å²) in [5.74, 6) is 0. The van der Waals surface area contributed by atoms with Crippen LogP contribution < -0.4 is 0 Å². The maximum absolute atomic E-state index is 3.75. The minimum absolute atomic E-state index is 0. The molecule has 0 aliphatic carbocycles. The highest BCUT2D eigenvalue weighted by molar-refractivity contribution is 5.75. The predicted molar refractivity (Wildman–Crippen MR) is 87.2 cm³/mol. The fourth-order valence-corrected chi connectivity index (χ4v) is 2.13. The van der Waals surface area contributed by atoms with E-state index in [0.717, 1.165) is 0 Å². The highest BCUT2D eigenvalue weighted by Crippen LogP contribution is 2.12. The van der Waals surface area contributed by atoms with E-state index in [1.54, 1.807) is 0 Å². The standard InChI is InChI=1S/C16H32.H4Si/c1-3-5-7-9-11-13-15-16-14-12-10-8-6-4-2;/h3H,1,4-16H2,2H3;1H4. The Labute approximate surface area is 114 Å². The largest absolute Gasteiger partial charge is 0.103 e. The van der Waals surface area contributed by atoms with E-state index >= 15 is 0 Å². The Morgan fingerprint density at radius 3 is 1.35 bits per heavy atom. The van der Waals surface area contributed by atoms with E-state index in [9.17, 15) is 0 Å². The molecule has 17 heavy (non-hydrogen) atoms. The highest BCUT2D eigenvalue weighted by Gasteiger charge is 1.92. The monoisotopic (exact) mass is 256 g/mol. The summed E-state index contributed by atoms with van der Waals surface area (Å²) in [5, 5.41) is 0. The van der Waals surface area contributed by atoms with E-state index in [-0.39, 0.29) is 11.0 Å². The maximum atomic E-state index is 3.75. The van der Waals surface area contributed by atoms with Crippen molar-refractivity contribution in [3.05, 3.63) is 12.7 Å². The molecule has 0 saturated heterocycles. The third kappa shape index (κ3) is 18.5. The molecule has 0 nitrogen and oxygen atoms in total. The lowest BCUT2D eigenvalue weighted by Gasteiger charge is -2.02. The van der Waals surface area contributed by atoms with Gasteiger partial charge >= 0.3 is 0 Å². The van der Waals surface area contributed by atoms with E-state index in [1.807, 2.05) is 6.08 Å². The van der Waals surface area contributed by atoms with Gasteiger partial charge in [-0.2, -0.15) is 0 Å². The van der Waals surface area contributed by atoms with Crippen LogP contribution in [0.2, 0.25) is 0 Å². The molecular formula is C16H36Si. The number of unbranched alkanes of at least 4 members (excludes halogenated alkanes) is 12. The van der Waals surface area contributed by atoms with Gasteiger partial charge in [-0.15, -0.1) is 6.58 Å². The first kappa shape index (κ1) is 19.3. The van der Waals surface area contributed by atoms with E-state index in [1.165, 1.54) is 83.5 Å². The summed E-state index contributed by atoms with van der Waals surface area (Å²) in [7, 11) is 0. The van der Waals surface area contributed by atoms with Crippen LogP contribution in [0, 0.1) is 0 Å². The third-order valence-corrected chi connectivity index (χ3v) is 3.26. The summed E-state index contributed by atoms with van der Waals surface area (Å²) < 4.78 is 0. The van der Waals surface area contributed by atoms with Crippen LogP contribution in [0.4, 0.5) is 0 Å². The Morgan fingerprint density at radius 2 is 1.00 bits per heavy atom. The lowest BCUT2D eigenvalue weighted by molar-refractivity contribution is 0.545. The van der Waals surface area contributed by atoms with Gasteiger partial charge in [0.05, 0.1) is 0 Å². The molecule has 0 aromatic carbocycles. The van der Waals surface area contributed by atoms with E-state index in [0.29, 0.717) is 0 Å². The van der Waals surface area contributed by atoms with Crippen molar-refractivity contribution < 1.29 is 0 Å². The van der Waals surface area contributed by atoms with Crippen molar-refractivity contribution in [3.8, 4) is 0 Å². The van der Waals surface area contributed by atoms with Gasteiger partial charge in [0.25, 0.3) is 0 Å². The van der Waals surface area contributed by atoms with E-state index in [4.69, 9.17) is 0 Å². The van der Waals surface area contributed by atoms with Crippen LogP contribution in [0.25, 0.3) is 0 Å². The molecule has 0 radical (unpaired) electrons. The van der Waals surface area contributed by atoms with Crippen LogP contribution in [0.3, 0.4) is 0 Å². The van der Waals surface area contributed by atoms with Gasteiger partial charge in [-0.05, 0) is 23.8 Å². The first-order valence-electron chi connectivity index (χ1n) is 7.52. The van der Waals surface area contributed by atoms with Crippen LogP contribution in [-0.2, 0) is 0 Å². The Bertz CT molecular complexity index is 131. The van der Waals surface area contributed by atoms with Gasteiger partial charge in [-0.1, -0.05) is 83.6 Å². The molecular weight excluding hydrogens is 220 g/mol. The van der Waals surface area contributed by atoms with Crippen LogP contribution in [-0.4, -0.2) is 11.0 Å². The van der Waals surface area contributed by atoms with Gasteiger partial charge in [0.15, 0.2) is 0 Å². The molecule has 0 aromatic rings. The third-order valence-electron chi connectivity index (χ3n) is 3.26. The fraction of sp³-hybridized carbons (Fsp3) is 0.875. The van der Waals surface area contributed by atoms with Crippen molar-refractivity contribution in [2.75, 3.05) is 0 Å². The fourth-order valence-electron chi connectivity index (χ4n) is 2.13. The maximum Gasteiger partial charge on any atom is -0.0149 e. The summed E-state index contributed by atoms with van der Waals surface area (Å²) in [6.07, 6.45) is 20.5. The molecule has 0 fully saturated rings. The zero-order valence-electron chi connectivity index (χ0n) is 11.5. The number of rotatable bonds is 13. The first-order valence-corrected chi connectivity index (χ1v) is 7.52. The SMILES string of the molecule is C=CCCCCCCCCCCCCCC.[SiH4]. The van der Waals surface area contributed by atoms with Gasteiger partial charge in [-0.25, -0.2) is 0 Å². The van der Waals surface area contributed by atoms with Crippen molar-refractivity contribution in [2.45, 2.75) is 90.4 Å². The molecule has 0 aliphatic heterocycles. The second kappa shape index (κ2) is 18.3. The van der Waals surface area contributed by atoms with Gasteiger partial charge in [-0.3, -0.25) is 0 Å². The average molecular weight is 257 g/mol. The lowest BCUT2D eigenvalue weighted by atomic mass is 10.0. The summed E-state index contributed by atoms with van der Waals surface area (Å²) in [5.41, 5.74) is 0. The Hall–Kier alpha value is -0.0431. The summed E-state index contributed by atoms with van der Waals surface area (Å²) >= 11 is 0. The predicted octanol–water partition coefficient (Wildman–Crippen LogP) is 4.81. The minimum Gasteiger partial charge on any atom is -0.103 e. The van der Waals surface area contributed by atoms with Crippen molar-refractivity contribution >= 4 is 11.0 Å². The molecule has 0 atom stereocenters. The van der Waals surface area contributed by atoms with Gasteiger partial charge in [0.1, 0.15) is 0 Å². The summed E-state index contributed by atoms with van der Waals surface area (Å²) in [6.45, 7) is 6.03. The van der Waals surface area contributed by atoms with Crippen molar-refractivity contribution in [2.24, 2.45) is 0 Å². The van der Waals surface area contributed by atoms with Crippen LogP contribution in [0.15, 0.2) is 12.7 Å². The zero-order chi connectivity index (χ0) is 11.9. The van der Waals surface area contributed by atoms with Crippen molar-refractivity contribution in [1.82, 2.24) is 0 Å². The van der Waals surface area contributed by atoms with Gasteiger partial charge in [0.2, 0.25) is 0 Å². The first-order chi connectivity index (χ1) is 7.91. The average Bonchev–Trinajstić information content (AvgIpc) is 2.31. The lowest BCUT2D eigenvalue weighted by Crippen LogP contribution is -1.82. The Balaban J connectivity index is 0. The van der Waals surface area contributed by atoms with Crippen LogP contribution in [0.1, 0.15) is 90.4 Å². The molecule has 0 aromatic heterocycles. The molecule has 0 saturated carbocycles. The van der Waals surface area contributed by atoms with Gasteiger partial charge in [0, 0.05) is 0 Å². The van der Waals surface area contributed by atoms with E-state index in [2.05, 4.69) is 13.5 Å². The molecule has 104 valence electrons. The second-order valence-corrected chi connectivity index (χ2v) is 4.97. The zero-order valence-corrected chi connectivity index (χ0v) is 11.5. The molecule has 0 unspecified atom stereocenters. The van der Waals surface area contributed by atoms with Crippen LogP contribution >= 0.6 is 0 Å². The quantitative estimate of drug-likeness (QED) is 0.252. The topological polar surface area (TPSA) is 0 Å². The number of allylic oxidation sites excluding steroid dienone is 1. The molecule has 0 rings (SSSR count). The second-order valence-electron chi connectivity index (χ2n) is 4.97. The van der Waals surface area contributed by atoms with E-state index < -0.39 is 0 Å². The molecule has 0 N–H and O–H groups in total. The number of hydrogen-bond donors (Lipinski definition) is 0. The Morgan fingerprint density at radius 1 is 0.647 bits per heavy atom. The molecule has 0 heterocycles. The molecule has 0 aliphatic rings. The summed E-state index contributed by atoms with van der Waals surface area (Å²) in [6, 6.07) is 0. The highest BCUT2D eigenvalue weighted by atomic mass is 28.1. The molecule has 0 bridgehead atoms. The molecule has 1 heteroatoms. The smallest absolute Gasteiger partial charge is 0.0149 e.